The van der Waals surface area contributed by atoms with E-state index in [1.54, 1.807) is 0 Å². The molecule has 2 amide bonds. The van der Waals surface area contributed by atoms with Gasteiger partial charge in [-0.05, 0) is 56.7 Å². The molecule has 0 spiro atoms. The maximum atomic E-state index is 12.7. The van der Waals surface area contributed by atoms with Crippen LogP contribution in [-0.2, 0) is 0 Å². The smallest absolute Gasteiger partial charge is 0.317 e. The summed E-state index contributed by atoms with van der Waals surface area (Å²) in [6.07, 6.45) is 6.45. The molecule has 6 nitrogen and oxygen atoms in total. The Balaban J connectivity index is 1.59. The Kier molecular flexibility index (Phi) is 5.36. The van der Waals surface area contributed by atoms with E-state index in [1.807, 2.05) is 31.1 Å². The van der Waals surface area contributed by atoms with E-state index in [-0.39, 0.29) is 12.1 Å². The molecule has 1 aliphatic rings. The van der Waals surface area contributed by atoms with Crippen LogP contribution < -0.4 is 5.32 Å². The average molecular weight is 342 g/mol. The van der Waals surface area contributed by atoms with Crippen LogP contribution in [0.2, 0.25) is 0 Å². The first-order valence-corrected chi connectivity index (χ1v) is 8.98. The average Bonchev–Trinajstić information content (AvgIpc) is 2.99. The molecular weight excluding hydrogens is 316 g/mol. The van der Waals surface area contributed by atoms with Crippen molar-refractivity contribution in [3.05, 3.63) is 47.1 Å². The highest BCUT2D eigenvalue weighted by atomic mass is 16.5. The Labute approximate surface area is 148 Å². The third kappa shape index (κ3) is 3.83. The van der Waals surface area contributed by atoms with Gasteiger partial charge in [0.15, 0.2) is 0 Å². The number of rotatable bonds is 4. The van der Waals surface area contributed by atoms with Crippen molar-refractivity contribution < 1.29 is 9.32 Å². The minimum atomic E-state index is -0.0586. The van der Waals surface area contributed by atoms with E-state index in [0.29, 0.717) is 5.92 Å². The number of amides is 2. The number of nitrogens with one attached hydrogen (secondary N) is 1. The summed E-state index contributed by atoms with van der Waals surface area (Å²) in [6, 6.07) is 4.09. The van der Waals surface area contributed by atoms with E-state index in [1.165, 1.54) is 5.56 Å². The fraction of sp³-hybridized carbons (Fsp3) is 0.526. The first-order chi connectivity index (χ1) is 12.1. The summed E-state index contributed by atoms with van der Waals surface area (Å²) in [4.78, 5) is 18.7. The SMILES string of the molecule is CC[C@@H](NC(=O)N1CCC(c2ccncc2)CC1)c1c(C)noc1C. The molecule has 3 heterocycles. The Morgan fingerprint density at radius 2 is 2.00 bits per heavy atom. The molecule has 0 aliphatic carbocycles. The predicted molar refractivity (Wildman–Crippen MR) is 95.3 cm³/mol. The molecule has 1 atom stereocenters. The van der Waals surface area contributed by atoms with Crippen LogP contribution >= 0.6 is 0 Å². The van der Waals surface area contributed by atoms with Gasteiger partial charge in [0.1, 0.15) is 5.76 Å². The molecule has 3 rings (SSSR count). The highest BCUT2D eigenvalue weighted by Gasteiger charge is 2.27. The van der Waals surface area contributed by atoms with E-state index in [2.05, 4.69) is 34.5 Å². The molecule has 6 heteroatoms. The van der Waals surface area contributed by atoms with Gasteiger partial charge in [0.05, 0.1) is 11.7 Å². The van der Waals surface area contributed by atoms with Crippen molar-refractivity contribution in [2.75, 3.05) is 13.1 Å². The molecule has 134 valence electrons. The van der Waals surface area contributed by atoms with Crippen LogP contribution in [0, 0.1) is 13.8 Å². The lowest BCUT2D eigenvalue weighted by molar-refractivity contribution is 0.177. The lowest BCUT2D eigenvalue weighted by atomic mass is 9.90. The largest absolute Gasteiger partial charge is 0.361 e. The Bertz CT molecular complexity index is 686. The number of piperidine rings is 1. The molecule has 0 aromatic carbocycles. The van der Waals surface area contributed by atoms with E-state index >= 15 is 0 Å². The summed E-state index contributed by atoms with van der Waals surface area (Å²) in [7, 11) is 0. The minimum absolute atomic E-state index is 0.0000262. The van der Waals surface area contributed by atoms with Crippen molar-refractivity contribution in [2.24, 2.45) is 0 Å². The topological polar surface area (TPSA) is 71.3 Å². The fourth-order valence-electron chi connectivity index (χ4n) is 3.66. The zero-order valence-electron chi connectivity index (χ0n) is 15.2. The molecule has 25 heavy (non-hydrogen) atoms. The summed E-state index contributed by atoms with van der Waals surface area (Å²) in [5.41, 5.74) is 3.17. The van der Waals surface area contributed by atoms with Crippen molar-refractivity contribution in [3.63, 3.8) is 0 Å². The van der Waals surface area contributed by atoms with Gasteiger partial charge in [0, 0.05) is 31.0 Å². The van der Waals surface area contributed by atoms with Crippen molar-refractivity contribution in [2.45, 2.75) is 52.0 Å². The highest BCUT2D eigenvalue weighted by Crippen LogP contribution is 2.28. The van der Waals surface area contributed by atoms with Gasteiger partial charge in [-0.15, -0.1) is 0 Å². The second-order valence-electron chi connectivity index (χ2n) is 6.69. The Morgan fingerprint density at radius 1 is 1.32 bits per heavy atom. The Morgan fingerprint density at radius 3 is 2.56 bits per heavy atom. The summed E-state index contributed by atoms with van der Waals surface area (Å²) < 4.78 is 5.25. The highest BCUT2D eigenvalue weighted by molar-refractivity contribution is 5.75. The molecule has 2 aromatic heterocycles. The van der Waals surface area contributed by atoms with Gasteiger partial charge >= 0.3 is 6.03 Å². The van der Waals surface area contributed by atoms with Gasteiger partial charge in [-0.3, -0.25) is 4.98 Å². The normalized spacial score (nSPS) is 16.7. The number of aromatic nitrogens is 2. The van der Waals surface area contributed by atoms with Gasteiger partial charge in [-0.2, -0.15) is 0 Å². The van der Waals surface area contributed by atoms with Crippen LogP contribution in [0.5, 0.6) is 0 Å². The summed E-state index contributed by atoms with van der Waals surface area (Å²) in [5.74, 6) is 1.29. The lowest BCUT2D eigenvalue weighted by Gasteiger charge is -2.33. The van der Waals surface area contributed by atoms with E-state index in [4.69, 9.17) is 4.52 Å². The Hall–Kier alpha value is -2.37. The van der Waals surface area contributed by atoms with Gasteiger partial charge in [-0.1, -0.05) is 12.1 Å². The number of nitrogens with zero attached hydrogens (tertiary/aromatic N) is 3. The van der Waals surface area contributed by atoms with E-state index in [9.17, 15) is 4.79 Å². The molecule has 2 aromatic rings. The van der Waals surface area contributed by atoms with Crippen LogP contribution in [0.25, 0.3) is 0 Å². The van der Waals surface area contributed by atoms with Crippen molar-refractivity contribution >= 4 is 6.03 Å². The molecule has 1 aliphatic heterocycles. The van der Waals surface area contributed by atoms with Crippen LogP contribution in [0.3, 0.4) is 0 Å². The standard InChI is InChI=1S/C19H26N4O2/c1-4-17(18-13(2)22-25-14(18)3)21-19(24)23-11-7-16(8-12-23)15-5-9-20-10-6-15/h5-6,9-10,16-17H,4,7-8,11-12H2,1-3H3,(H,21,24)/t17-/m1/s1. The van der Waals surface area contributed by atoms with Gasteiger partial charge in [0.25, 0.3) is 0 Å². The second kappa shape index (κ2) is 7.68. The second-order valence-corrected chi connectivity index (χ2v) is 6.69. The molecule has 1 N–H and O–H groups in total. The third-order valence-electron chi connectivity index (χ3n) is 5.10. The zero-order valence-corrected chi connectivity index (χ0v) is 15.2. The summed E-state index contributed by atoms with van der Waals surface area (Å²) >= 11 is 0. The maximum absolute atomic E-state index is 12.7. The van der Waals surface area contributed by atoms with Crippen LogP contribution in [0.4, 0.5) is 4.79 Å². The molecule has 0 unspecified atom stereocenters. The van der Waals surface area contributed by atoms with Gasteiger partial charge in [-0.25, -0.2) is 4.79 Å². The van der Waals surface area contributed by atoms with Gasteiger partial charge in [0.2, 0.25) is 0 Å². The fourth-order valence-corrected chi connectivity index (χ4v) is 3.66. The first kappa shape index (κ1) is 17.5. The number of carbonyl (C=O) groups is 1. The van der Waals surface area contributed by atoms with Crippen molar-refractivity contribution in [1.29, 1.82) is 0 Å². The first-order valence-electron chi connectivity index (χ1n) is 8.98. The number of pyridine rings is 1. The number of hydrogen-bond donors (Lipinski definition) is 1. The summed E-state index contributed by atoms with van der Waals surface area (Å²) in [6.45, 7) is 7.42. The molecular formula is C19H26N4O2. The van der Waals surface area contributed by atoms with E-state index < -0.39 is 0 Å². The van der Waals surface area contributed by atoms with Crippen molar-refractivity contribution in [1.82, 2.24) is 20.4 Å². The molecule has 0 bridgehead atoms. The predicted octanol–water partition coefficient (Wildman–Crippen LogP) is 3.73. The quantitative estimate of drug-likeness (QED) is 0.919. The molecule has 0 radical (unpaired) electrons. The number of urea groups is 1. The third-order valence-corrected chi connectivity index (χ3v) is 5.10. The number of aryl methyl sites for hydroxylation is 2. The summed E-state index contributed by atoms with van der Waals surface area (Å²) in [5, 5.41) is 7.16. The molecule has 0 saturated carbocycles. The zero-order chi connectivity index (χ0) is 17.8. The monoisotopic (exact) mass is 342 g/mol. The maximum Gasteiger partial charge on any atom is 0.317 e. The van der Waals surface area contributed by atoms with Crippen LogP contribution in [-0.4, -0.2) is 34.2 Å². The van der Waals surface area contributed by atoms with Crippen LogP contribution in [0.15, 0.2) is 29.0 Å². The van der Waals surface area contributed by atoms with E-state index in [0.717, 1.165) is 49.4 Å². The van der Waals surface area contributed by atoms with Crippen LogP contribution in [0.1, 0.15) is 60.7 Å². The number of hydrogen-bond acceptors (Lipinski definition) is 4. The molecule has 1 fully saturated rings. The lowest BCUT2D eigenvalue weighted by Crippen LogP contribution is -2.45. The molecule has 1 saturated heterocycles. The minimum Gasteiger partial charge on any atom is -0.361 e. The number of likely N-dealkylation sites (tertiary alicyclic amines) is 1. The number of carbonyl (C=O) groups excluding carboxylic acids is 1. The van der Waals surface area contributed by atoms with Crippen molar-refractivity contribution in [3.8, 4) is 0 Å². The van der Waals surface area contributed by atoms with Gasteiger partial charge < -0.3 is 14.7 Å².